The van der Waals surface area contributed by atoms with E-state index >= 15 is 0 Å². The maximum absolute atomic E-state index is 14.4. The Labute approximate surface area is 267 Å². The number of fused-ring (bicyclic) bond motifs is 1. The van der Waals surface area contributed by atoms with E-state index in [2.05, 4.69) is 56.3 Å². The summed E-state index contributed by atoms with van der Waals surface area (Å²) in [5.74, 6) is 0.325. The summed E-state index contributed by atoms with van der Waals surface area (Å²) in [6.45, 7) is 9.72. The summed E-state index contributed by atoms with van der Waals surface area (Å²) in [4.78, 5) is 5.21. The van der Waals surface area contributed by atoms with Gasteiger partial charge in [-0.25, -0.2) is 4.98 Å². The standard InChI is InChI=1S/C37H46NO6P/c1-6-43-45(39,44-7-2)33-24-31(29-18-16-28(17-19-29)26-42-35-15-11-12-22-41-35)23-30-20-21-34(38-36(30)33)37(40-5,25-27(3)4)32-13-9-8-10-14-32/h8-10,13-14,16-21,23-24,27,35H,6-7,11-12,15,22,25-26H2,1-5H3. The maximum atomic E-state index is 14.4. The number of nitrogens with zero attached hydrogens (tertiary/aromatic N) is 1. The topological polar surface area (TPSA) is 76.1 Å². The second-order valence-corrected chi connectivity index (χ2v) is 13.9. The largest absolute Gasteiger partial charge is 0.367 e. The van der Waals surface area contributed by atoms with E-state index in [4.69, 9.17) is 28.2 Å². The fraction of sp³-hybridized carbons (Fsp3) is 0.432. The first-order valence-electron chi connectivity index (χ1n) is 16.1. The zero-order chi connectivity index (χ0) is 31.9. The zero-order valence-corrected chi connectivity index (χ0v) is 28.1. The summed E-state index contributed by atoms with van der Waals surface area (Å²) in [5.41, 5.74) is 4.51. The fourth-order valence-electron chi connectivity index (χ4n) is 6.12. The highest BCUT2D eigenvalue weighted by Crippen LogP contribution is 2.49. The molecule has 8 heteroatoms. The van der Waals surface area contributed by atoms with Crippen molar-refractivity contribution in [3.8, 4) is 11.1 Å². The van der Waals surface area contributed by atoms with Gasteiger partial charge in [-0.1, -0.05) is 74.5 Å². The molecule has 2 heterocycles. The van der Waals surface area contributed by atoms with Crippen LogP contribution in [0.3, 0.4) is 0 Å². The van der Waals surface area contributed by atoms with Crippen LogP contribution < -0.4 is 5.30 Å². The minimum Gasteiger partial charge on any atom is -0.367 e. The molecule has 0 aliphatic carbocycles. The summed E-state index contributed by atoms with van der Waals surface area (Å²) < 4.78 is 44.3. The van der Waals surface area contributed by atoms with E-state index in [1.54, 1.807) is 7.11 Å². The number of pyridine rings is 1. The van der Waals surface area contributed by atoms with Crippen molar-refractivity contribution in [1.29, 1.82) is 0 Å². The third-order valence-corrected chi connectivity index (χ3v) is 10.4. The quantitative estimate of drug-likeness (QED) is 0.129. The molecule has 3 aromatic carbocycles. The lowest BCUT2D eigenvalue weighted by molar-refractivity contribution is -0.168. The summed E-state index contributed by atoms with van der Waals surface area (Å²) in [6.07, 6.45) is 3.74. The predicted molar refractivity (Wildman–Crippen MR) is 180 cm³/mol. The van der Waals surface area contributed by atoms with E-state index in [-0.39, 0.29) is 19.5 Å². The Kier molecular flexibility index (Phi) is 11.2. The second kappa shape index (κ2) is 15.1. The molecular weight excluding hydrogens is 585 g/mol. The van der Waals surface area contributed by atoms with Crippen LogP contribution in [-0.4, -0.2) is 38.2 Å². The first kappa shape index (κ1) is 33.5. The highest BCUT2D eigenvalue weighted by molar-refractivity contribution is 7.62. The number of hydrogen-bond donors (Lipinski definition) is 0. The molecule has 4 aromatic rings. The van der Waals surface area contributed by atoms with Gasteiger partial charge in [0.1, 0.15) is 5.60 Å². The van der Waals surface area contributed by atoms with Crippen molar-refractivity contribution >= 4 is 23.8 Å². The van der Waals surface area contributed by atoms with Crippen molar-refractivity contribution < 1.29 is 27.8 Å². The van der Waals surface area contributed by atoms with Gasteiger partial charge in [0.25, 0.3) is 0 Å². The molecule has 2 atom stereocenters. The van der Waals surface area contributed by atoms with Gasteiger partial charge in [0.05, 0.1) is 36.3 Å². The molecule has 240 valence electrons. The number of ether oxygens (including phenoxy) is 3. The van der Waals surface area contributed by atoms with Crippen LogP contribution in [0, 0.1) is 5.92 Å². The van der Waals surface area contributed by atoms with Gasteiger partial charge in [-0.15, -0.1) is 0 Å². The van der Waals surface area contributed by atoms with Gasteiger partial charge in [0.2, 0.25) is 0 Å². The first-order chi connectivity index (χ1) is 21.8. The molecule has 0 amide bonds. The van der Waals surface area contributed by atoms with E-state index < -0.39 is 13.2 Å². The zero-order valence-electron chi connectivity index (χ0n) is 27.2. The molecule has 0 bridgehead atoms. The molecule has 0 N–H and O–H groups in total. The molecule has 1 aromatic heterocycles. The van der Waals surface area contributed by atoms with Crippen LogP contribution in [0.1, 0.15) is 70.2 Å². The van der Waals surface area contributed by atoms with Gasteiger partial charge in [-0.05, 0) is 85.9 Å². The molecule has 7 nitrogen and oxygen atoms in total. The molecule has 0 radical (unpaired) electrons. The highest BCUT2D eigenvalue weighted by Gasteiger charge is 2.38. The molecule has 5 rings (SSSR count). The molecule has 0 saturated carbocycles. The van der Waals surface area contributed by atoms with Crippen molar-refractivity contribution in [2.24, 2.45) is 5.92 Å². The Hall–Kier alpha value is -2.90. The van der Waals surface area contributed by atoms with Crippen LogP contribution in [0.15, 0.2) is 78.9 Å². The summed E-state index contributed by atoms with van der Waals surface area (Å²) in [7, 11) is -1.99. The van der Waals surface area contributed by atoms with Crippen molar-refractivity contribution in [1.82, 2.24) is 4.98 Å². The fourth-order valence-corrected chi connectivity index (χ4v) is 7.88. The van der Waals surface area contributed by atoms with Crippen LogP contribution in [0.2, 0.25) is 0 Å². The Morgan fingerprint density at radius 3 is 2.29 bits per heavy atom. The van der Waals surface area contributed by atoms with E-state index in [0.29, 0.717) is 23.3 Å². The van der Waals surface area contributed by atoms with E-state index in [0.717, 1.165) is 65.6 Å². The molecule has 0 spiro atoms. The number of aromatic nitrogens is 1. The third kappa shape index (κ3) is 7.57. The van der Waals surface area contributed by atoms with E-state index in [1.807, 2.05) is 50.2 Å². The number of rotatable bonds is 14. The number of benzene rings is 3. The molecule has 1 saturated heterocycles. The Bertz CT molecular complexity index is 1580. The van der Waals surface area contributed by atoms with Crippen LogP contribution >= 0.6 is 7.60 Å². The van der Waals surface area contributed by atoms with Gasteiger partial charge in [0, 0.05) is 19.1 Å². The van der Waals surface area contributed by atoms with Gasteiger partial charge in [-0.2, -0.15) is 0 Å². The summed E-state index contributed by atoms with van der Waals surface area (Å²) in [6, 6.07) is 26.5. The van der Waals surface area contributed by atoms with Crippen LogP contribution in [0.4, 0.5) is 0 Å². The van der Waals surface area contributed by atoms with Crippen molar-refractivity contribution in [2.75, 3.05) is 26.9 Å². The van der Waals surface area contributed by atoms with Crippen LogP contribution in [0.5, 0.6) is 0 Å². The Morgan fingerprint density at radius 2 is 1.67 bits per heavy atom. The van der Waals surface area contributed by atoms with E-state index in [1.165, 1.54) is 0 Å². The van der Waals surface area contributed by atoms with Gasteiger partial charge >= 0.3 is 7.60 Å². The van der Waals surface area contributed by atoms with E-state index in [9.17, 15) is 4.57 Å². The number of methoxy groups -OCH3 is 1. The minimum atomic E-state index is -3.72. The van der Waals surface area contributed by atoms with Crippen LogP contribution in [-0.2, 0) is 40.0 Å². The van der Waals surface area contributed by atoms with Crippen molar-refractivity contribution in [3.63, 3.8) is 0 Å². The number of hydrogen-bond acceptors (Lipinski definition) is 7. The average molecular weight is 632 g/mol. The normalized spacial score (nSPS) is 17.1. The predicted octanol–water partition coefficient (Wildman–Crippen LogP) is 8.77. The Balaban J connectivity index is 1.60. The lowest BCUT2D eigenvalue weighted by Crippen LogP contribution is -2.33. The van der Waals surface area contributed by atoms with Crippen LogP contribution in [0.25, 0.3) is 22.0 Å². The molecule has 1 aliphatic heterocycles. The molecule has 2 unspecified atom stereocenters. The van der Waals surface area contributed by atoms with Gasteiger partial charge in [0.15, 0.2) is 6.29 Å². The van der Waals surface area contributed by atoms with Gasteiger partial charge < -0.3 is 23.3 Å². The molecule has 1 fully saturated rings. The smallest absolute Gasteiger partial charge is 0.363 e. The monoisotopic (exact) mass is 631 g/mol. The summed E-state index contributed by atoms with van der Waals surface area (Å²) in [5, 5.41) is 1.29. The van der Waals surface area contributed by atoms with Gasteiger partial charge in [-0.3, -0.25) is 4.57 Å². The average Bonchev–Trinajstić information content (AvgIpc) is 3.07. The lowest BCUT2D eigenvalue weighted by atomic mass is 9.82. The molecular formula is C37H46NO6P. The third-order valence-electron chi connectivity index (χ3n) is 8.22. The lowest BCUT2D eigenvalue weighted by Gasteiger charge is -2.34. The van der Waals surface area contributed by atoms with Crippen molar-refractivity contribution in [2.45, 2.75) is 71.9 Å². The first-order valence-corrected chi connectivity index (χ1v) is 17.6. The van der Waals surface area contributed by atoms with Crippen molar-refractivity contribution in [3.05, 3.63) is 95.7 Å². The molecule has 1 aliphatic rings. The maximum Gasteiger partial charge on any atom is 0.363 e. The Morgan fingerprint density at radius 1 is 0.933 bits per heavy atom. The minimum absolute atomic E-state index is 0.135. The highest BCUT2D eigenvalue weighted by atomic mass is 31.2. The summed E-state index contributed by atoms with van der Waals surface area (Å²) >= 11 is 0. The molecule has 45 heavy (non-hydrogen) atoms. The second-order valence-electron chi connectivity index (χ2n) is 11.9. The SMILES string of the molecule is CCOP(=O)(OCC)c1cc(-c2ccc(COC3CCCCO3)cc2)cc2ccc(C(CC(C)C)(OC)c3ccccc3)nc12.